The van der Waals surface area contributed by atoms with Gasteiger partial charge in [0.05, 0.1) is 33.1 Å². The first kappa shape index (κ1) is 57.8. The molecule has 0 atom stereocenters. The minimum atomic E-state index is -1.30. The van der Waals surface area contributed by atoms with Crippen LogP contribution in [0.5, 0.6) is 17.2 Å². The molecular formula is C79H60O11. The van der Waals surface area contributed by atoms with Gasteiger partial charge in [-0.05, 0) is 158 Å². The lowest BCUT2D eigenvalue weighted by Gasteiger charge is -2.34. The van der Waals surface area contributed by atoms with Gasteiger partial charge < -0.3 is 33.5 Å². The van der Waals surface area contributed by atoms with Gasteiger partial charge in [0.1, 0.15) is 56.9 Å². The average molecular weight is 1190 g/mol. The van der Waals surface area contributed by atoms with E-state index in [0.29, 0.717) is 33.9 Å². The first-order valence-electron chi connectivity index (χ1n) is 29.8. The van der Waals surface area contributed by atoms with Crippen LogP contribution >= 0.6 is 0 Å². The zero-order chi connectivity index (χ0) is 61.6. The number of aryl methyl sites for hydroxylation is 1. The van der Waals surface area contributed by atoms with Crippen molar-refractivity contribution in [2.75, 3.05) is 39.6 Å². The fourth-order valence-corrected chi connectivity index (χ4v) is 12.9. The van der Waals surface area contributed by atoms with Crippen LogP contribution in [0.2, 0.25) is 0 Å². The fourth-order valence-electron chi connectivity index (χ4n) is 12.9. The molecule has 0 bridgehead atoms. The highest BCUT2D eigenvalue weighted by atomic mass is 16.6. The third kappa shape index (κ3) is 10.9. The van der Waals surface area contributed by atoms with Crippen molar-refractivity contribution in [3.63, 3.8) is 0 Å². The normalized spacial score (nSPS) is 12.7. The van der Waals surface area contributed by atoms with Crippen molar-refractivity contribution < 1.29 is 52.7 Å². The molecule has 0 radical (unpaired) electrons. The maximum atomic E-state index is 13.7. The molecule has 11 aromatic rings. The number of carbonyl (C=O) groups is 4. The van der Waals surface area contributed by atoms with Crippen molar-refractivity contribution >= 4 is 23.9 Å². The van der Waals surface area contributed by atoms with Crippen LogP contribution in [-0.2, 0) is 25.0 Å². The van der Waals surface area contributed by atoms with Crippen molar-refractivity contribution in [1.29, 1.82) is 0 Å². The maximum Gasteiger partial charge on any atom is 0.339 e. The molecule has 0 spiro atoms. The first-order chi connectivity index (χ1) is 44.1. The van der Waals surface area contributed by atoms with Crippen LogP contribution < -0.4 is 14.2 Å². The van der Waals surface area contributed by atoms with E-state index in [2.05, 4.69) is 128 Å². The molecule has 11 nitrogen and oxygen atoms in total. The van der Waals surface area contributed by atoms with E-state index in [1.54, 1.807) is 54.6 Å². The van der Waals surface area contributed by atoms with Crippen molar-refractivity contribution in [2.45, 2.75) is 17.8 Å². The number of ether oxygens (including phenoxy) is 6. The summed E-state index contributed by atoms with van der Waals surface area (Å²) in [5, 5.41) is 10.1. The quantitative estimate of drug-likeness (QED) is 0.0417. The van der Waals surface area contributed by atoms with Crippen LogP contribution in [0, 0.1) is 6.92 Å². The van der Waals surface area contributed by atoms with Gasteiger partial charge in [0.2, 0.25) is 0 Å². The van der Waals surface area contributed by atoms with Gasteiger partial charge in [-0.1, -0.05) is 200 Å². The van der Waals surface area contributed by atoms with Crippen molar-refractivity contribution in [3.8, 4) is 50.6 Å². The highest BCUT2D eigenvalue weighted by molar-refractivity contribution is 6.04. The number of carboxylic acid groups (broad SMARTS) is 1. The smallest absolute Gasteiger partial charge is 0.339 e. The van der Waals surface area contributed by atoms with E-state index in [4.69, 9.17) is 28.4 Å². The van der Waals surface area contributed by atoms with E-state index < -0.39 is 34.7 Å². The number of benzene rings is 11. The lowest BCUT2D eigenvalue weighted by molar-refractivity contribution is 0.0438. The van der Waals surface area contributed by atoms with Gasteiger partial charge in [0, 0.05) is 0 Å². The van der Waals surface area contributed by atoms with Crippen LogP contribution in [0.3, 0.4) is 0 Å². The molecule has 0 saturated carbocycles. The van der Waals surface area contributed by atoms with E-state index >= 15 is 0 Å². The second-order valence-corrected chi connectivity index (χ2v) is 22.1. The second-order valence-electron chi connectivity index (χ2n) is 22.1. The number of esters is 3. The predicted octanol–water partition coefficient (Wildman–Crippen LogP) is 15.8. The summed E-state index contributed by atoms with van der Waals surface area (Å²) in [7, 11) is 0. The van der Waals surface area contributed by atoms with Gasteiger partial charge in [-0.15, -0.1) is 0 Å². The average Bonchev–Trinajstić information content (AvgIpc) is 1.54. The Balaban J connectivity index is 0.636. The summed E-state index contributed by atoms with van der Waals surface area (Å²) in [5.74, 6) is -1.33. The molecule has 90 heavy (non-hydrogen) atoms. The molecule has 0 unspecified atom stereocenters. The Morgan fingerprint density at radius 3 is 1.10 bits per heavy atom. The Bertz CT molecular complexity index is 4370. The number of rotatable bonds is 21. The molecule has 0 saturated heterocycles. The molecule has 11 aromatic carbocycles. The summed E-state index contributed by atoms with van der Waals surface area (Å²) < 4.78 is 35.0. The topological polar surface area (TPSA) is 144 Å². The number of hydrogen-bond acceptors (Lipinski definition) is 10. The van der Waals surface area contributed by atoms with Crippen LogP contribution in [0.15, 0.2) is 267 Å². The van der Waals surface area contributed by atoms with E-state index in [1.165, 1.54) is 45.5 Å². The zero-order valence-electron chi connectivity index (χ0n) is 49.2. The molecule has 0 heterocycles. The predicted molar refractivity (Wildman–Crippen MR) is 345 cm³/mol. The lowest BCUT2D eigenvalue weighted by Crippen LogP contribution is -2.28. The summed E-state index contributed by atoms with van der Waals surface area (Å²) >= 11 is 0. The van der Waals surface area contributed by atoms with Gasteiger partial charge >= 0.3 is 23.9 Å². The molecule has 11 heteroatoms. The second kappa shape index (κ2) is 25.2. The molecule has 0 aliphatic heterocycles. The van der Waals surface area contributed by atoms with Crippen LogP contribution in [0.4, 0.5) is 0 Å². The molecule has 0 aromatic heterocycles. The van der Waals surface area contributed by atoms with Crippen LogP contribution in [0.1, 0.15) is 91.5 Å². The van der Waals surface area contributed by atoms with Crippen molar-refractivity contribution in [3.05, 3.63) is 339 Å². The molecule has 2 aliphatic carbocycles. The van der Waals surface area contributed by atoms with E-state index in [0.717, 1.165) is 38.9 Å². The van der Waals surface area contributed by atoms with Gasteiger partial charge in [0.25, 0.3) is 0 Å². The minimum Gasteiger partial charge on any atom is -0.490 e. The number of hydrogen-bond donors (Lipinski definition) is 1. The number of carbonyl (C=O) groups excluding carboxylic acids is 3. The molecule has 1 N–H and O–H groups in total. The Hall–Kier alpha value is -11.3. The van der Waals surface area contributed by atoms with Gasteiger partial charge in [0.15, 0.2) is 0 Å². The third-order valence-corrected chi connectivity index (χ3v) is 16.9. The first-order valence-corrected chi connectivity index (χ1v) is 29.8. The minimum absolute atomic E-state index is 0.0154. The fraction of sp³-hybridized carbons (Fsp3) is 0.114. The molecular weight excluding hydrogens is 1120 g/mol. The van der Waals surface area contributed by atoms with Gasteiger partial charge in [-0.2, -0.15) is 0 Å². The molecule has 13 rings (SSSR count). The number of aromatic carboxylic acids is 1. The standard InChI is InChI=1S/C79H60O11/c1-52-26-29-57(30-27-52)78(70-22-9-5-18-64(70)65-19-6-10-23-71(65)78)58-31-37-62(38-32-58)86-45-48-89-76(83)56-17-13-16-54(50-56)55-28-43-68(74(80)81)69(51-55)77(84)90-49-46-87-63-41-35-60(36-42-63)79(72-24-11-7-20-66(72)67-21-8-12-25-73(67)79)59-33-39-61(40-34-59)85-44-47-88-75(82)53-14-3-2-4-15-53/h2-43,50-51H,44-49H2,1H3,(H,80,81). The van der Waals surface area contributed by atoms with E-state index in [1.807, 2.05) is 78.9 Å². The highest BCUT2D eigenvalue weighted by Gasteiger charge is 2.47. The summed E-state index contributed by atoms with van der Waals surface area (Å²) in [4.78, 5) is 52.1. The number of carboxylic acids is 1. The third-order valence-electron chi connectivity index (χ3n) is 16.9. The Labute approximate surface area is 521 Å². The Morgan fingerprint density at radius 2 is 0.678 bits per heavy atom. The lowest BCUT2D eigenvalue weighted by atomic mass is 9.67. The molecule has 0 amide bonds. The summed E-state index contributed by atoms with van der Waals surface area (Å²) in [6, 6.07) is 86.7. The van der Waals surface area contributed by atoms with Gasteiger partial charge in [-0.25, -0.2) is 19.2 Å². The van der Waals surface area contributed by atoms with E-state index in [-0.39, 0.29) is 56.3 Å². The number of fused-ring (bicyclic) bond motifs is 6. The summed E-state index contributed by atoms with van der Waals surface area (Å²) in [5.41, 5.74) is 15.0. The monoisotopic (exact) mass is 1180 g/mol. The maximum absolute atomic E-state index is 13.7. The van der Waals surface area contributed by atoms with Crippen LogP contribution in [-0.4, -0.2) is 68.6 Å². The van der Waals surface area contributed by atoms with Crippen LogP contribution in [0.25, 0.3) is 33.4 Å². The summed E-state index contributed by atoms with van der Waals surface area (Å²) in [6.07, 6.45) is 0. The van der Waals surface area contributed by atoms with Gasteiger partial charge in [-0.3, -0.25) is 0 Å². The molecule has 2 aliphatic rings. The Kier molecular flexibility index (Phi) is 16.2. The highest BCUT2D eigenvalue weighted by Crippen LogP contribution is 2.58. The summed E-state index contributed by atoms with van der Waals surface area (Å²) in [6.45, 7) is 2.28. The molecule has 442 valence electrons. The molecule has 0 fully saturated rings. The Morgan fingerprint density at radius 1 is 0.322 bits per heavy atom. The zero-order valence-corrected chi connectivity index (χ0v) is 49.2. The van der Waals surface area contributed by atoms with E-state index in [9.17, 15) is 24.3 Å². The largest absolute Gasteiger partial charge is 0.490 e. The van der Waals surface area contributed by atoms with Crippen molar-refractivity contribution in [1.82, 2.24) is 0 Å². The SMILES string of the molecule is Cc1ccc(C2(c3ccc(OCCOC(=O)c4cccc(-c5ccc(C(=O)O)c(C(=O)OCCOc6ccc(C7(c8ccc(OCCOC(=O)c9ccccc9)cc8)c8ccccc8-c8ccccc87)cc6)c5)c4)cc3)c3ccccc3-c3ccccc32)cc1. The van der Waals surface area contributed by atoms with Crippen molar-refractivity contribution in [2.24, 2.45) is 0 Å².